The van der Waals surface area contributed by atoms with Gasteiger partial charge in [-0.05, 0) is 49.7 Å². The summed E-state index contributed by atoms with van der Waals surface area (Å²) in [4.78, 5) is 2.40. The molecule has 0 aromatic heterocycles. The average Bonchev–Trinajstić information content (AvgIpc) is 2.48. The van der Waals surface area contributed by atoms with Crippen molar-refractivity contribution >= 4 is 21.6 Å². The van der Waals surface area contributed by atoms with E-state index in [2.05, 4.69) is 9.62 Å². The summed E-state index contributed by atoms with van der Waals surface area (Å²) in [5.41, 5.74) is 0.413. The number of likely N-dealkylation sites (tertiary alicyclic amines) is 1. The van der Waals surface area contributed by atoms with Crippen molar-refractivity contribution in [1.29, 1.82) is 0 Å². The molecule has 0 saturated carbocycles. The van der Waals surface area contributed by atoms with Crippen LogP contribution in [-0.2, 0) is 16.6 Å². The van der Waals surface area contributed by atoms with Gasteiger partial charge in [0, 0.05) is 18.1 Å². The van der Waals surface area contributed by atoms with Crippen LogP contribution in [0, 0.1) is 0 Å². The second-order valence-corrected chi connectivity index (χ2v) is 7.39. The van der Waals surface area contributed by atoms with Crippen LogP contribution in [0.5, 0.6) is 0 Å². The van der Waals surface area contributed by atoms with E-state index in [1.54, 1.807) is 0 Å². The van der Waals surface area contributed by atoms with Crippen LogP contribution >= 0.6 is 11.6 Å². The third-order valence-electron chi connectivity index (χ3n) is 3.67. The van der Waals surface area contributed by atoms with Crippen LogP contribution < -0.4 is 4.72 Å². The Morgan fingerprint density at radius 3 is 2.62 bits per heavy atom. The van der Waals surface area contributed by atoms with Crippen molar-refractivity contribution in [3.8, 4) is 0 Å². The highest BCUT2D eigenvalue weighted by atomic mass is 35.5. The number of halogens is 1. The lowest BCUT2D eigenvalue weighted by molar-refractivity contribution is 0.233. The Labute approximate surface area is 131 Å². The molecule has 5 nitrogen and oxygen atoms in total. The normalized spacial score (nSPS) is 17.0. The molecule has 0 aliphatic carbocycles. The number of piperidine rings is 1. The Kier molecular flexibility index (Phi) is 6.01. The van der Waals surface area contributed by atoms with Gasteiger partial charge in [0.2, 0.25) is 10.0 Å². The van der Waals surface area contributed by atoms with Gasteiger partial charge in [0.05, 0.1) is 11.5 Å². The maximum absolute atomic E-state index is 12.2. The van der Waals surface area contributed by atoms with Gasteiger partial charge in [-0.1, -0.05) is 18.0 Å². The van der Waals surface area contributed by atoms with E-state index >= 15 is 0 Å². The van der Waals surface area contributed by atoms with Gasteiger partial charge in [-0.2, -0.15) is 0 Å². The zero-order valence-electron chi connectivity index (χ0n) is 11.9. The Bertz CT molecular complexity index is 572. The number of nitrogens with zero attached hydrogens (tertiary/aromatic N) is 1. The molecule has 1 heterocycles. The number of hydrogen-bond donors (Lipinski definition) is 2. The SMILES string of the molecule is O=S(=O)(NCCN1CCCCC1)c1ccc(Cl)c(CO)c1. The van der Waals surface area contributed by atoms with Crippen molar-refractivity contribution in [2.24, 2.45) is 0 Å². The molecule has 7 heteroatoms. The van der Waals surface area contributed by atoms with Gasteiger partial charge >= 0.3 is 0 Å². The lowest BCUT2D eigenvalue weighted by Gasteiger charge is -2.26. The summed E-state index contributed by atoms with van der Waals surface area (Å²) in [5.74, 6) is 0. The summed E-state index contributed by atoms with van der Waals surface area (Å²) in [6.07, 6.45) is 3.63. The van der Waals surface area contributed by atoms with Crippen molar-refractivity contribution < 1.29 is 13.5 Å². The summed E-state index contributed by atoms with van der Waals surface area (Å²) >= 11 is 5.87. The van der Waals surface area contributed by atoms with Crippen LogP contribution in [-0.4, -0.2) is 44.6 Å². The van der Waals surface area contributed by atoms with Crippen LogP contribution in [0.2, 0.25) is 5.02 Å². The maximum atomic E-state index is 12.2. The van der Waals surface area contributed by atoms with Crippen LogP contribution in [0.25, 0.3) is 0 Å². The van der Waals surface area contributed by atoms with Crippen molar-refractivity contribution in [2.45, 2.75) is 30.8 Å². The summed E-state index contributed by atoms with van der Waals surface area (Å²) < 4.78 is 27.0. The van der Waals surface area contributed by atoms with Crippen molar-refractivity contribution in [1.82, 2.24) is 9.62 Å². The van der Waals surface area contributed by atoms with E-state index in [0.29, 0.717) is 17.1 Å². The first-order valence-electron chi connectivity index (χ1n) is 7.14. The molecule has 1 aromatic carbocycles. The molecule has 2 N–H and O–H groups in total. The standard InChI is InChI=1S/C14H21ClN2O3S/c15-14-5-4-13(10-12(14)11-18)21(19,20)16-6-9-17-7-2-1-3-8-17/h4-5,10,16,18H,1-3,6-9,11H2. The van der Waals surface area contributed by atoms with Crippen molar-refractivity contribution in [2.75, 3.05) is 26.2 Å². The zero-order valence-corrected chi connectivity index (χ0v) is 13.5. The van der Waals surface area contributed by atoms with E-state index < -0.39 is 10.0 Å². The first-order valence-corrected chi connectivity index (χ1v) is 9.00. The van der Waals surface area contributed by atoms with E-state index in [4.69, 9.17) is 16.7 Å². The molecular formula is C14H21ClN2O3S. The maximum Gasteiger partial charge on any atom is 0.240 e. The lowest BCUT2D eigenvalue weighted by atomic mass is 10.1. The van der Waals surface area contributed by atoms with E-state index in [0.717, 1.165) is 19.6 Å². The molecule has 1 aliphatic heterocycles. The number of aliphatic hydroxyl groups is 1. The Balaban J connectivity index is 1.94. The number of aliphatic hydroxyl groups excluding tert-OH is 1. The number of rotatable bonds is 6. The molecule has 1 aromatic rings. The smallest absolute Gasteiger partial charge is 0.240 e. The van der Waals surface area contributed by atoms with E-state index in [-0.39, 0.29) is 11.5 Å². The quantitative estimate of drug-likeness (QED) is 0.830. The Morgan fingerprint density at radius 2 is 1.95 bits per heavy atom. The molecule has 0 spiro atoms. The minimum absolute atomic E-state index is 0.134. The van der Waals surface area contributed by atoms with Crippen molar-refractivity contribution in [3.05, 3.63) is 28.8 Å². The molecule has 0 amide bonds. The van der Waals surface area contributed by atoms with Gasteiger partial charge in [0.1, 0.15) is 0 Å². The van der Waals surface area contributed by atoms with Gasteiger partial charge in [-0.25, -0.2) is 13.1 Å². The average molecular weight is 333 g/mol. The van der Waals surface area contributed by atoms with Crippen molar-refractivity contribution in [3.63, 3.8) is 0 Å². The molecule has 0 bridgehead atoms. The third kappa shape index (κ3) is 4.66. The molecule has 1 aliphatic rings. The molecule has 21 heavy (non-hydrogen) atoms. The molecule has 1 fully saturated rings. The zero-order chi connectivity index (χ0) is 15.3. The minimum atomic E-state index is -3.56. The molecule has 1 saturated heterocycles. The first-order chi connectivity index (χ1) is 10.0. The van der Waals surface area contributed by atoms with E-state index in [9.17, 15) is 8.42 Å². The molecule has 0 unspecified atom stereocenters. The number of nitrogens with one attached hydrogen (secondary N) is 1. The Hall–Kier alpha value is -0.660. The third-order valence-corrected chi connectivity index (χ3v) is 5.49. The summed E-state index contributed by atoms with van der Waals surface area (Å²) in [6, 6.07) is 4.35. The lowest BCUT2D eigenvalue weighted by Crippen LogP contribution is -2.37. The van der Waals surface area contributed by atoms with Crippen LogP contribution in [0.15, 0.2) is 23.1 Å². The predicted octanol–water partition coefficient (Wildman–Crippen LogP) is 1.60. The second kappa shape index (κ2) is 7.56. The van der Waals surface area contributed by atoms with Gasteiger partial charge in [-0.3, -0.25) is 0 Å². The van der Waals surface area contributed by atoms with E-state index in [1.807, 2.05) is 0 Å². The fourth-order valence-corrected chi connectivity index (χ4v) is 3.69. The van der Waals surface area contributed by atoms with Gasteiger partial charge < -0.3 is 10.0 Å². The van der Waals surface area contributed by atoms with E-state index in [1.165, 1.54) is 37.5 Å². The molecule has 118 valence electrons. The fraction of sp³-hybridized carbons (Fsp3) is 0.571. The summed E-state index contributed by atoms with van der Waals surface area (Å²) in [7, 11) is -3.56. The monoisotopic (exact) mass is 332 g/mol. The van der Waals surface area contributed by atoms with Crippen LogP contribution in [0.4, 0.5) is 0 Å². The van der Waals surface area contributed by atoms with Gasteiger partial charge in [-0.15, -0.1) is 0 Å². The predicted molar refractivity (Wildman–Crippen MR) is 82.9 cm³/mol. The topological polar surface area (TPSA) is 69.6 Å². The molecule has 0 atom stereocenters. The molecular weight excluding hydrogens is 312 g/mol. The van der Waals surface area contributed by atoms with Crippen LogP contribution in [0.1, 0.15) is 24.8 Å². The fourth-order valence-electron chi connectivity index (χ4n) is 2.44. The highest BCUT2D eigenvalue weighted by molar-refractivity contribution is 7.89. The summed E-state index contributed by atoms with van der Waals surface area (Å²) in [6.45, 7) is 2.91. The van der Waals surface area contributed by atoms with Gasteiger partial charge in [0.15, 0.2) is 0 Å². The molecule has 2 rings (SSSR count). The number of hydrogen-bond acceptors (Lipinski definition) is 4. The van der Waals surface area contributed by atoms with Gasteiger partial charge in [0.25, 0.3) is 0 Å². The highest BCUT2D eigenvalue weighted by Crippen LogP contribution is 2.20. The highest BCUT2D eigenvalue weighted by Gasteiger charge is 2.16. The number of benzene rings is 1. The second-order valence-electron chi connectivity index (χ2n) is 5.21. The Morgan fingerprint density at radius 1 is 1.24 bits per heavy atom. The first kappa shape index (κ1) is 16.7. The summed E-state index contributed by atoms with van der Waals surface area (Å²) in [5, 5.41) is 9.51. The van der Waals surface area contributed by atoms with Crippen LogP contribution in [0.3, 0.4) is 0 Å². The molecule has 0 radical (unpaired) electrons. The number of sulfonamides is 1. The minimum Gasteiger partial charge on any atom is -0.392 e. The largest absolute Gasteiger partial charge is 0.392 e.